The fourth-order valence-corrected chi connectivity index (χ4v) is 4.41. The van der Waals surface area contributed by atoms with Gasteiger partial charge < -0.3 is 10.1 Å². The Hall–Kier alpha value is -2.32. The summed E-state index contributed by atoms with van der Waals surface area (Å²) in [6.45, 7) is 0.870. The predicted molar refractivity (Wildman–Crippen MR) is 98.2 cm³/mol. The number of fused-ring (bicyclic) bond motifs is 5. The van der Waals surface area contributed by atoms with E-state index in [1.165, 1.54) is 34.0 Å². The SMILES string of the molecule is c1ccc([C@@H]2Nc3c(ccc4ccccc34)[C@H]3OCCC[C@H]32)cc1. The zero-order valence-corrected chi connectivity index (χ0v) is 13.6. The van der Waals surface area contributed by atoms with Gasteiger partial charge in [-0.3, -0.25) is 0 Å². The molecule has 0 spiro atoms. The Morgan fingerprint density at radius 3 is 2.62 bits per heavy atom. The third-order valence-corrected chi connectivity index (χ3v) is 5.52. The highest BCUT2D eigenvalue weighted by Crippen LogP contribution is 2.50. The predicted octanol–water partition coefficient (Wildman–Crippen LogP) is 5.47. The van der Waals surface area contributed by atoms with Gasteiger partial charge in [-0.25, -0.2) is 0 Å². The van der Waals surface area contributed by atoms with Crippen molar-refractivity contribution in [2.45, 2.75) is 25.0 Å². The second-order valence-electron chi connectivity index (χ2n) is 6.88. The Morgan fingerprint density at radius 1 is 0.875 bits per heavy atom. The molecule has 1 saturated heterocycles. The lowest BCUT2D eigenvalue weighted by molar-refractivity contribution is -0.0380. The fraction of sp³-hybridized carbons (Fsp3) is 0.273. The average molecular weight is 315 g/mol. The maximum atomic E-state index is 6.27. The highest BCUT2D eigenvalue weighted by molar-refractivity contribution is 5.96. The average Bonchev–Trinajstić information content (AvgIpc) is 2.67. The van der Waals surface area contributed by atoms with Crippen LogP contribution in [0.1, 0.15) is 36.1 Å². The minimum atomic E-state index is 0.199. The zero-order chi connectivity index (χ0) is 15.9. The van der Waals surface area contributed by atoms with Crippen LogP contribution in [0.25, 0.3) is 10.8 Å². The van der Waals surface area contributed by atoms with Gasteiger partial charge in [0.25, 0.3) is 0 Å². The number of nitrogens with one attached hydrogen (secondary N) is 1. The van der Waals surface area contributed by atoms with E-state index in [-0.39, 0.29) is 6.10 Å². The van der Waals surface area contributed by atoms with Gasteiger partial charge in [-0.1, -0.05) is 66.7 Å². The summed E-state index contributed by atoms with van der Waals surface area (Å²) >= 11 is 0. The fourth-order valence-electron chi connectivity index (χ4n) is 4.41. The third kappa shape index (κ3) is 2.14. The van der Waals surface area contributed by atoms with Crippen molar-refractivity contribution in [1.82, 2.24) is 0 Å². The van der Waals surface area contributed by atoms with Gasteiger partial charge in [0, 0.05) is 29.2 Å². The molecular weight excluding hydrogens is 294 g/mol. The van der Waals surface area contributed by atoms with Gasteiger partial charge in [-0.05, 0) is 23.8 Å². The minimum Gasteiger partial charge on any atom is -0.377 e. The van der Waals surface area contributed by atoms with E-state index >= 15 is 0 Å². The topological polar surface area (TPSA) is 21.3 Å². The van der Waals surface area contributed by atoms with E-state index in [4.69, 9.17) is 4.74 Å². The molecule has 2 nitrogen and oxygen atoms in total. The summed E-state index contributed by atoms with van der Waals surface area (Å²) in [5.41, 5.74) is 3.94. The van der Waals surface area contributed by atoms with Crippen LogP contribution in [0.2, 0.25) is 0 Å². The van der Waals surface area contributed by atoms with Gasteiger partial charge in [0.05, 0.1) is 12.1 Å². The van der Waals surface area contributed by atoms with Crippen molar-refractivity contribution in [2.24, 2.45) is 5.92 Å². The summed E-state index contributed by atoms with van der Waals surface area (Å²) in [5.74, 6) is 0.495. The first-order valence-electron chi connectivity index (χ1n) is 8.86. The summed E-state index contributed by atoms with van der Waals surface area (Å²) in [4.78, 5) is 0. The molecule has 2 aliphatic rings. The van der Waals surface area contributed by atoms with Crippen LogP contribution in [0.15, 0.2) is 66.7 Å². The lowest BCUT2D eigenvalue weighted by Crippen LogP contribution is -2.36. The molecule has 2 heteroatoms. The van der Waals surface area contributed by atoms with Crippen LogP contribution in [0.3, 0.4) is 0 Å². The number of anilines is 1. The van der Waals surface area contributed by atoms with Crippen molar-refractivity contribution in [2.75, 3.05) is 11.9 Å². The van der Waals surface area contributed by atoms with Crippen LogP contribution < -0.4 is 5.32 Å². The number of hydrogen-bond acceptors (Lipinski definition) is 2. The molecule has 2 aliphatic heterocycles. The molecular formula is C22H21NO. The highest BCUT2D eigenvalue weighted by atomic mass is 16.5. The van der Waals surface area contributed by atoms with Gasteiger partial charge in [-0.2, -0.15) is 0 Å². The van der Waals surface area contributed by atoms with Crippen LogP contribution >= 0.6 is 0 Å². The molecule has 0 amide bonds. The van der Waals surface area contributed by atoms with Gasteiger partial charge >= 0.3 is 0 Å². The molecule has 0 saturated carbocycles. The monoisotopic (exact) mass is 315 g/mol. The Labute approximate surface area is 142 Å². The molecule has 3 atom stereocenters. The highest BCUT2D eigenvalue weighted by Gasteiger charge is 2.40. The Balaban J connectivity index is 1.70. The molecule has 2 heterocycles. The molecule has 1 N–H and O–H groups in total. The van der Waals surface area contributed by atoms with E-state index in [0.29, 0.717) is 12.0 Å². The summed E-state index contributed by atoms with van der Waals surface area (Å²) in [6.07, 6.45) is 2.56. The summed E-state index contributed by atoms with van der Waals surface area (Å²) in [7, 11) is 0. The molecule has 0 aromatic heterocycles. The van der Waals surface area contributed by atoms with Gasteiger partial charge in [0.1, 0.15) is 0 Å². The van der Waals surface area contributed by atoms with E-state index in [2.05, 4.69) is 72.0 Å². The molecule has 0 bridgehead atoms. The van der Waals surface area contributed by atoms with Gasteiger partial charge in [0.2, 0.25) is 0 Å². The van der Waals surface area contributed by atoms with Crippen molar-refractivity contribution in [3.05, 3.63) is 77.9 Å². The molecule has 120 valence electrons. The molecule has 0 radical (unpaired) electrons. The second-order valence-corrected chi connectivity index (χ2v) is 6.88. The first kappa shape index (κ1) is 14.1. The first-order chi connectivity index (χ1) is 11.9. The lowest BCUT2D eigenvalue weighted by Gasteiger charge is -2.43. The van der Waals surface area contributed by atoms with Crippen molar-refractivity contribution in [3.63, 3.8) is 0 Å². The van der Waals surface area contributed by atoms with E-state index in [9.17, 15) is 0 Å². The number of hydrogen-bond donors (Lipinski definition) is 1. The van der Waals surface area contributed by atoms with Crippen molar-refractivity contribution >= 4 is 16.5 Å². The largest absolute Gasteiger partial charge is 0.377 e. The maximum Gasteiger partial charge on any atom is 0.0896 e. The molecule has 3 aromatic carbocycles. The lowest BCUT2D eigenvalue weighted by atomic mass is 9.77. The van der Waals surface area contributed by atoms with E-state index in [1.54, 1.807) is 0 Å². The number of rotatable bonds is 1. The molecule has 3 aromatic rings. The normalized spacial score (nSPS) is 25.6. The Bertz CT molecular complexity index is 874. The summed E-state index contributed by atoms with van der Waals surface area (Å²) in [5, 5.41) is 6.45. The third-order valence-electron chi connectivity index (χ3n) is 5.52. The molecule has 5 rings (SSSR count). The Kier molecular flexibility index (Phi) is 3.30. The second kappa shape index (κ2) is 5.64. The van der Waals surface area contributed by atoms with Gasteiger partial charge in [0.15, 0.2) is 0 Å². The van der Waals surface area contributed by atoms with Crippen LogP contribution in [0.4, 0.5) is 5.69 Å². The van der Waals surface area contributed by atoms with E-state index < -0.39 is 0 Å². The van der Waals surface area contributed by atoms with E-state index in [1.807, 2.05) is 0 Å². The number of benzene rings is 3. The van der Waals surface area contributed by atoms with Crippen LogP contribution in [0.5, 0.6) is 0 Å². The van der Waals surface area contributed by atoms with Crippen molar-refractivity contribution < 1.29 is 4.74 Å². The molecule has 24 heavy (non-hydrogen) atoms. The summed E-state index contributed by atoms with van der Waals surface area (Å²) < 4.78 is 6.27. The Morgan fingerprint density at radius 2 is 1.71 bits per heavy atom. The molecule has 1 fully saturated rings. The van der Waals surface area contributed by atoms with Gasteiger partial charge in [-0.15, -0.1) is 0 Å². The van der Waals surface area contributed by atoms with Crippen molar-refractivity contribution in [1.29, 1.82) is 0 Å². The molecule has 0 aliphatic carbocycles. The van der Waals surface area contributed by atoms with Crippen LogP contribution in [-0.2, 0) is 4.74 Å². The van der Waals surface area contributed by atoms with Crippen LogP contribution in [0, 0.1) is 5.92 Å². The molecule has 0 unspecified atom stereocenters. The van der Waals surface area contributed by atoms with Crippen LogP contribution in [-0.4, -0.2) is 6.61 Å². The van der Waals surface area contributed by atoms with E-state index in [0.717, 1.165) is 13.0 Å². The van der Waals surface area contributed by atoms with Crippen molar-refractivity contribution in [3.8, 4) is 0 Å². The maximum absolute atomic E-state index is 6.27. The number of ether oxygens (including phenoxy) is 1. The minimum absolute atomic E-state index is 0.199. The summed E-state index contributed by atoms with van der Waals surface area (Å²) in [6, 6.07) is 24.3. The zero-order valence-electron chi connectivity index (χ0n) is 13.6. The quantitative estimate of drug-likeness (QED) is 0.642. The standard InChI is InChI=1S/C22H21NO/c1-2-8-16(9-3-1)20-18-11-6-14-24-22(18)19-13-12-15-7-4-5-10-17(15)21(19)23-20/h1-5,7-10,12-13,18,20,22-23H,6,11,14H2/t18-,20-,22-/m0/s1. The first-order valence-corrected chi connectivity index (χ1v) is 8.86. The smallest absolute Gasteiger partial charge is 0.0896 e.